The molecule has 2 atom stereocenters. The minimum absolute atomic E-state index is 0.0251. The van der Waals surface area contributed by atoms with E-state index >= 15 is 0 Å². The molecule has 0 rings (SSSR count). The number of nitrogens with one attached hydrogen (secondary N) is 1. The summed E-state index contributed by atoms with van der Waals surface area (Å²) < 4.78 is 5.45. The Morgan fingerprint density at radius 1 is 0.459 bits per heavy atom. The van der Waals surface area contributed by atoms with Crippen molar-refractivity contribution in [2.75, 3.05) is 13.2 Å². The Kier molecular flexibility index (Phi) is 49.1. The third-order valence-corrected chi connectivity index (χ3v) is 12.2. The second-order valence-corrected chi connectivity index (χ2v) is 18.2. The number of amides is 1. The molecule has 3 N–H and O–H groups in total. The third kappa shape index (κ3) is 47.4. The first kappa shape index (κ1) is 59.1. The van der Waals surface area contributed by atoms with Crippen LogP contribution in [-0.4, -0.2) is 47.4 Å². The van der Waals surface area contributed by atoms with Gasteiger partial charge in [0.25, 0.3) is 0 Å². The van der Waals surface area contributed by atoms with Gasteiger partial charge in [0.1, 0.15) is 0 Å². The molecule has 6 nitrogen and oxygen atoms in total. The summed E-state index contributed by atoms with van der Waals surface area (Å²) in [4.78, 5) is 24.4. The first-order chi connectivity index (χ1) is 30.0. The molecule has 0 saturated heterocycles. The van der Waals surface area contributed by atoms with Gasteiger partial charge in [-0.3, -0.25) is 9.59 Å². The van der Waals surface area contributed by atoms with Crippen molar-refractivity contribution in [3.63, 3.8) is 0 Å². The van der Waals surface area contributed by atoms with Crippen molar-refractivity contribution >= 4 is 11.9 Å². The van der Waals surface area contributed by atoms with Gasteiger partial charge in [-0.1, -0.05) is 230 Å². The van der Waals surface area contributed by atoms with Gasteiger partial charge >= 0.3 is 5.97 Å². The molecule has 0 heterocycles. The molecule has 358 valence electrons. The topological polar surface area (TPSA) is 95.9 Å². The standard InChI is InChI=1S/C55H103NO5/c1-3-5-7-9-11-13-15-17-19-21-23-27-31-35-39-43-47-53(58)52(51-57)56-54(59)48-44-40-36-32-28-24-22-26-30-34-38-42-46-50-61-55(60)49-45-41-37-33-29-25-20-18-16-14-12-10-8-6-4-2/h18,20,24,28,36,40,52-53,57-58H,3-17,19,21-23,25-27,29-35,37-39,41-51H2,1-2H3,(H,56,59)/b20-18-,28-24-,40-36-. The Morgan fingerprint density at radius 3 is 1.30 bits per heavy atom. The van der Waals surface area contributed by atoms with Crippen molar-refractivity contribution < 1.29 is 24.5 Å². The number of allylic oxidation sites excluding steroid dienone is 6. The fourth-order valence-electron chi connectivity index (χ4n) is 8.04. The molecule has 6 heteroatoms. The van der Waals surface area contributed by atoms with Crippen LogP contribution in [0.15, 0.2) is 36.5 Å². The summed E-state index contributed by atoms with van der Waals surface area (Å²) in [6.07, 6.45) is 61.3. The Hall–Kier alpha value is -1.92. The van der Waals surface area contributed by atoms with Crippen LogP contribution in [0, 0.1) is 0 Å². The van der Waals surface area contributed by atoms with E-state index in [9.17, 15) is 19.8 Å². The Balaban J connectivity index is 3.55. The SMILES string of the molecule is CCCCCCCC/C=C\CCCCCCCC(=O)OCCCCCCCC/C=C\C/C=C\CCC(=O)NC(CO)C(O)CCCCCCCCCCCCCCCCCC. The van der Waals surface area contributed by atoms with Crippen molar-refractivity contribution in [2.24, 2.45) is 0 Å². The van der Waals surface area contributed by atoms with E-state index in [-0.39, 0.29) is 18.5 Å². The Bertz CT molecular complexity index is 993. The lowest BCUT2D eigenvalue weighted by Gasteiger charge is -2.22. The zero-order valence-corrected chi connectivity index (χ0v) is 40.6. The smallest absolute Gasteiger partial charge is 0.305 e. The van der Waals surface area contributed by atoms with E-state index in [0.717, 1.165) is 51.4 Å². The summed E-state index contributed by atoms with van der Waals surface area (Å²) in [5.41, 5.74) is 0. The molecule has 61 heavy (non-hydrogen) atoms. The average Bonchev–Trinajstić information content (AvgIpc) is 3.26. The zero-order chi connectivity index (χ0) is 44.4. The summed E-state index contributed by atoms with van der Waals surface area (Å²) in [5, 5.41) is 23.2. The molecule has 0 aromatic heterocycles. The largest absolute Gasteiger partial charge is 0.466 e. The minimum atomic E-state index is -0.699. The number of carbonyl (C=O) groups excluding carboxylic acids is 2. The van der Waals surface area contributed by atoms with Crippen LogP contribution in [0.25, 0.3) is 0 Å². The number of rotatable bonds is 49. The van der Waals surface area contributed by atoms with E-state index in [1.807, 2.05) is 6.08 Å². The van der Waals surface area contributed by atoms with Gasteiger partial charge in [0.15, 0.2) is 0 Å². The van der Waals surface area contributed by atoms with E-state index in [4.69, 9.17) is 4.74 Å². The highest BCUT2D eigenvalue weighted by Gasteiger charge is 2.19. The normalized spacial score (nSPS) is 12.9. The van der Waals surface area contributed by atoms with Crippen molar-refractivity contribution in [3.8, 4) is 0 Å². The number of aliphatic hydroxyl groups is 2. The van der Waals surface area contributed by atoms with Crippen molar-refractivity contribution in [3.05, 3.63) is 36.5 Å². The second-order valence-electron chi connectivity index (χ2n) is 18.2. The second kappa shape index (κ2) is 50.7. The number of ether oxygens (including phenoxy) is 1. The number of carbonyl (C=O) groups is 2. The molecule has 0 fully saturated rings. The summed E-state index contributed by atoms with van der Waals surface area (Å²) in [6, 6.07) is -0.586. The first-order valence-corrected chi connectivity index (χ1v) is 26.7. The maximum Gasteiger partial charge on any atom is 0.305 e. The van der Waals surface area contributed by atoms with E-state index in [1.165, 1.54) is 186 Å². The number of hydrogen-bond donors (Lipinski definition) is 3. The summed E-state index contributed by atoms with van der Waals surface area (Å²) in [7, 11) is 0. The molecular weight excluding hydrogens is 755 g/mol. The number of esters is 1. The predicted octanol–water partition coefficient (Wildman–Crippen LogP) is 16.1. The Morgan fingerprint density at radius 2 is 0.836 bits per heavy atom. The fraction of sp³-hybridized carbons (Fsp3) is 0.855. The lowest BCUT2D eigenvalue weighted by Crippen LogP contribution is -2.45. The summed E-state index contributed by atoms with van der Waals surface area (Å²) >= 11 is 0. The van der Waals surface area contributed by atoms with Crippen LogP contribution in [-0.2, 0) is 14.3 Å². The van der Waals surface area contributed by atoms with Gasteiger partial charge in [-0.15, -0.1) is 0 Å². The van der Waals surface area contributed by atoms with Gasteiger partial charge in [-0.25, -0.2) is 0 Å². The van der Waals surface area contributed by atoms with E-state index in [1.54, 1.807) is 0 Å². The van der Waals surface area contributed by atoms with Gasteiger partial charge in [0.2, 0.25) is 5.91 Å². The van der Waals surface area contributed by atoms with Crippen LogP contribution in [0.3, 0.4) is 0 Å². The van der Waals surface area contributed by atoms with Gasteiger partial charge in [0.05, 0.1) is 25.4 Å². The molecule has 1 amide bonds. The van der Waals surface area contributed by atoms with Crippen molar-refractivity contribution in [1.29, 1.82) is 0 Å². The lowest BCUT2D eigenvalue weighted by atomic mass is 10.0. The van der Waals surface area contributed by atoms with Gasteiger partial charge < -0.3 is 20.3 Å². The first-order valence-electron chi connectivity index (χ1n) is 26.7. The third-order valence-electron chi connectivity index (χ3n) is 12.2. The fourth-order valence-corrected chi connectivity index (χ4v) is 8.04. The molecule has 0 aliphatic carbocycles. The molecule has 0 spiro atoms. The molecule has 0 radical (unpaired) electrons. The highest BCUT2D eigenvalue weighted by Crippen LogP contribution is 2.16. The van der Waals surface area contributed by atoms with Gasteiger partial charge in [0, 0.05) is 12.8 Å². The minimum Gasteiger partial charge on any atom is -0.466 e. The molecular formula is C55H103NO5. The van der Waals surface area contributed by atoms with Crippen LogP contribution in [0.4, 0.5) is 0 Å². The van der Waals surface area contributed by atoms with Crippen LogP contribution in [0.2, 0.25) is 0 Å². The number of hydrogen-bond acceptors (Lipinski definition) is 5. The van der Waals surface area contributed by atoms with E-state index in [0.29, 0.717) is 32.3 Å². The maximum absolute atomic E-state index is 12.4. The van der Waals surface area contributed by atoms with Crippen molar-refractivity contribution in [1.82, 2.24) is 5.32 Å². The molecule has 0 aliphatic rings. The monoisotopic (exact) mass is 858 g/mol. The number of unbranched alkanes of at least 4 members (excludes halogenated alkanes) is 32. The average molecular weight is 858 g/mol. The lowest BCUT2D eigenvalue weighted by molar-refractivity contribution is -0.143. The van der Waals surface area contributed by atoms with E-state index in [2.05, 4.69) is 49.5 Å². The molecule has 0 aromatic carbocycles. The highest BCUT2D eigenvalue weighted by atomic mass is 16.5. The van der Waals surface area contributed by atoms with Crippen LogP contribution in [0.5, 0.6) is 0 Å². The van der Waals surface area contributed by atoms with Crippen LogP contribution < -0.4 is 5.32 Å². The van der Waals surface area contributed by atoms with Crippen molar-refractivity contribution in [2.45, 2.75) is 289 Å². The molecule has 0 bridgehead atoms. The summed E-state index contributed by atoms with van der Waals surface area (Å²) in [5.74, 6) is -0.141. The van der Waals surface area contributed by atoms with Crippen LogP contribution >= 0.6 is 0 Å². The summed E-state index contributed by atoms with van der Waals surface area (Å²) in [6.45, 7) is 4.88. The van der Waals surface area contributed by atoms with Gasteiger partial charge in [-0.05, 0) is 70.6 Å². The maximum atomic E-state index is 12.4. The molecule has 0 aliphatic heterocycles. The predicted molar refractivity (Wildman–Crippen MR) is 264 cm³/mol. The van der Waals surface area contributed by atoms with Crippen LogP contribution in [0.1, 0.15) is 277 Å². The van der Waals surface area contributed by atoms with Gasteiger partial charge in [-0.2, -0.15) is 0 Å². The quantitative estimate of drug-likeness (QED) is 0.0322. The molecule has 0 aromatic rings. The molecule has 0 saturated carbocycles. The Labute approximate surface area is 379 Å². The molecule has 2 unspecified atom stereocenters. The number of aliphatic hydroxyl groups excluding tert-OH is 2. The highest BCUT2D eigenvalue weighted by molar-refractivity contribution is 5.76. The van der Waals surface area contributed by atoms with E-state index < -0.39 is 12.1 Å². The zero-order valence-electron chi connectivity index (χ0n) is 40.6.